The Balaban J connectivity index is 1.84. The van der Waals surface area contributed by atoms with Crippen molar-refractivity contribution in [3.05, 3.63) is 28.6 Å². The minimum atomic E-state index is 0.126. The van der Waals surface area contributed by atoms with Gasteiger partial charge in [0.05, 0.1) is 10.6 Å². The lowest BCUT2D eigenvalue weighted by Crippen LogP contribution is -2.29. The molecule has 0 bridgehead atoms. The zero-order chi connectivity index (χ0) is 13.7. The van der Waals surface area contributed by atoms with Gasteiger partial charge in [-0.05, 0) is 23.3 Å². The van der Waals surface area contributed by atoms with E-state index in [-0.39, 0.29) is 12.0 Å². The second-order valence-corrected chi connectivity index (χ2v) is 7.17. The van der Waals surface area contributed by atoms with Gasteiger partial charge in [0, 0.05) is 25.1 Å². The van der Waals surface area contributed by atoms with Gasteiger partial charge in [-0.15, -0.1) is 22.7 Å². The SMILES string of the molecule is CC(C)(CCO)CNCc1csc(-c2cccs2)n1. The van der Waals surface area contributed by atoms with Crippen LogP contribution in [0.4, 0.5) is 0 Å². The highest BCUT2D eigenvalue weighted by Gasteiger charge is 2.16. The van der Waals surface area contributed by atoms with Crippen molar-refractivity contribution >= 4 is 22.7 Å². The summed E-state index contributed by atoms with van der Waals surface area (Å²) in [4.78, 5) is 5.87. The van der Waals surface area contributed by atoms with Crippen LogP contribution in [-0.4, -0.2) is 23.2 Å². The van der Waals surface area contributed by atoms with Crippen LogP contribution in [-0.2, 0) is 6.54 Å². The number of thiophene rings is 1. The van der Waals surface area contributed by atoms with E-state index in [1.165, 1.54) is 4.88 Å². The summed E-state index contributed by atoms with van der Waals surface area (Å²) in [5.74, 6) is 0. The molecule has 0 saturated heterocycles. The molecule has 0 unspecified atom stereocenters. The molecule has 19 heavy (non-hydrogen) atoms. The number of aromatic nitrogens is 1. The lowest BCUT2D eigenvalue weighted by Gasteiger charge is -2.23. The molecule has 0 saturated carbocycles. The van der Waals surface area contributed by atoms with Gasteiger partial charge in [-0.2, -0.15) is 0 Å². The molecule has 0 spiro atoms. The third kappa shape index (κ3) is 4.38. The lowest BCUT2D eigenvalue weighted by atomic mass is 9.90. The normalized spacial score (nSPS) is 11.9. The van der Waals surface area contributed by atoms with E-state index in [1.807, 2.05) is 0 Å². The van der Waals surface area contributed by atoms with Gasteiger partial charge in [0.25, 0.3) is 0 Å². The third-order valence-corrected chi connectivity index (χ3v) is 4.91. The number of aliphatic hydroxyl groups is 1. The topological polar surface area (TPSA) is 45.1 Å². The molecule has 5 heteroatoms. The lowest BCUT2D eigenvalue weighted by molar-refractivity contribution is 0.207. The summed E-state index contributed by atoms with van der Waals surface area (Å²) in [6, 6.07) is 4.15. The maximum atomic E-state index is 8.99. The van der Waals surface area contributed by atoms with Crippen molar-refractivity contribution < 1.29 is 5.11 Å². The zero-order valence-electron chi connectivity index (χ0n) is 11.3. The minimum Gasteiger partial charge on any atom is -0.396 e. The van der Waals surface area contributed by atoms with Crippen molar-refractivity contribution in [2.75, 3.05) is 13.2 Å². The van der Waals surface area contributed by atoms with Gasteiger partial charge < -0.3 is 10.4 Å². The van der Waals surface area contributed by atoms with E-state index in [0.29, 0.717) is 0 Å². The summed E-state index contributed by atoms with van der Waals surface area (Å²) in [6.45, 7) is 6.24. The maximum absolute atomic E-state index is 8.99. The molecule has 0 radical (unpaired) electrons. The van der Waals surface area contributed by atoms with Crippen molar-refractivity contribution in [1.29, 1.82) is 0 Å². The summed E-state index contributed by atoms with van der Waals surface area (Å²) in [6.07, 6.45) is 0.817. The standard InChI is InChI=1S/C14H20N2OS2/c1-14(2,5-6-17)10-15-8-11-9-19-13(16-11)12-4-3-7-18-12/h3-4,7,9,15,17H,5-6,8,10H2,1-2H3. The van der Waals surface area contributed by atoms with Crippen LogP contribution >= 0.6 is 22.7 Å². The third-order valence-electron chi connectivity index (χ3n) is 2.98. The van der Waals surface area contributed by atoms with Crippen molar-refractivity contribution in [1.82, 2.24) is 10.3 Å². The Labute approximate surface area is 122 Å². The molecule has 0 amide bonds. The van der Waals surface area contributed by atoms with Gasteiger partial charge >= 0.3 is 0 Å². The molecule has 3 nitrogen and oxygen atoms in total. The Hall–Kier alpha value is -0.750. The molecule has 0 aliphatic heterocycles. The van der Waals surface area contributed by atoms with Crippen LogP contribution in [0, 0.1) is 5.41 Å². The quantitative estimate of drug-likeness (QED) is 0.823. The van der Waals surface area contributed by atoms with Crippen molar-refractivity contribution in [2.45, 2.75) is 26.8 Å². The fourth-order valence-corrected chi connectivity index (χ4v) is 3.46. The van der Waals surface area contributed by atoms with Crippen LogP contribution in [0.2, 0.25) is 0 Å². The molecular formula is C14H20N2OS2. The first-order chi connectivity index (χ1) is 9.11. The number of nitrogens with one attached hydrogen (secondary N) is 1. The number of aliphatic hydroxyl groups excluding tert-OH is 1. The van der Waals surface area contributed by atoms with Gasteiger partial charge in [-0.25, -0.2) is 4.98 Å². The number of nitrogens with zero attached hydrogens (tertiary/aromatic N) is 1. The molecule has 2 heterocycles. The molecule has 0 atom stereocenters. The highest BCUT2D eigenvalue weighted by molar-refractivity contribution is 7.20. The fraction of sp³-hybridized carbons (Fsp3) is 0.500. The molecular weight excluding hydrogens is 276 g/mol. The fourth-order valence-electron chi connectivity index (χ4n) is 1.82. The van der Waals surface area contributed by atoms with Crippen LogP contribution in [0.1, 0.15) is 26.0 Å². The summed E-state index contributed by atoms with van der Waals surface area (Å²) < 4.78 is 0. The number of thiazole rings is 1. The molecule has 2 aromatic rings. The Morgan fingerprint density at radius 1 is 1.37 bits per heavy atom. The van der Waals surface area contributed by atoms with E-state index < -0.39 is 0 Å². The molecule has 0 aliphatic rings. The molecule has 0 fully saturated rings. The molecule has 0 aliphatic carbocycles. The highest BCUT2D eigenvalue weighted by Crippen LogP contribution is 2.27. The van der Waals surface area contributed by atoms with E-state index in [1.54, 1.807) is 22.7 Å². The Morgan fingerprint density at radius 2 is 2.21 bits per heavy atom. The van der Waals surface area contributed by atoms with Gasteiger partial charge in [0.2, 0.25) is 0 Å². The van der Waals surface area contributed by atoms with E-state index >= 15 is 0 Å². The Bertz CT molecular complexity index is 491. The summed E-state index contributed by atoms with van der Waals surface area (Å²) in [7, 11) is 0. The van der Waals surface area contributed by atoms with Crippen molar-refractivity contribution in [3.63, 3.8) is 0 Å². The van der Waals surface area contributed by atoms with Gasteiger partial charge in [-0.1, -0.05) is 19.9 Å². The maximum Gasteiger partial charge on any atom is 0.133 e. The van der Waals surface area contributed by atoms with Crippen LogP contribution < -0.4 is 5.32 Å². The van der Waals surface area contributed by atoms with Crippen LogP contribution in [0.3, 0.4) is 0 Å². The van der Waals surface area contributed by atoms with Gasteiger partial charge in [0.15, 0.2) is 0 Å². The number of hydrogen-bond donors (Lipinski definition) is 2. The minimum absolute atomic E-state index is 0.126. The van der Waals surface area contributed by atoms with E-state index in [0.717, 1.165) is 30.2 Å². The Morgan fingerprint density at radius 3 is 2.89 bits per heavy atom. The predicted molar refractivity (Wildman–Crippen MR) is 82.6 cm³/mol. The van der Waals surface area contributed by atoms with Crippen molar-refractivity contribution in [2.24, 2.45) is 5.41 Å². The smallest absolute Gasteiger partial charge is 0.133 e. The van der Waals surface area contributed by atoms with E-state index in [9.17, 15) is 0 Å². The number of hydrogen-bond acceptors (Lipinski definition) is 5. The second-order valence-electron chi connectivity index (χ2n) is 5.36. The first-order valence-corrected chi connectivity index (χ1v) is 8.16. The zero-order valence-corrected chi connectivity index (χ0v) is 13.0. The molecule has 104 valence electrons. The molecule has 2 aromatic heterocycles. The van der Waals surface area contributed by atoms with Gasteiger partial charge in [0.1, 0.15) is 5.01 Å². The monoisotopic (exact) mass is 296 g/mol. The largest absolute Gasteiger partial charge is 0.396 e. The average Bonchev–Trinajstić information content (AvgIpc) is 2.98. The number of rotatable bonds is 7. The molecule has 2 rings (SSSR count). The van der Waals surface area contributed by atoms with Crippen LogP contribution in [0.25, 0.3) is 9.88 Å². The van der Waals surface area contributed by atoms with Crippen LogP contribution in [0.15, 0.2) is 22.9 Å². The van der Waals surface area contributed by atoms with E-state index in [2.05, 4.69) is 47.0 Å². The van der Waals surface area contributed by atoms with Gasteiger partial charge in [-0.3, -0.25) is 0 Å². The first kappa shape index (κ1) is 14.7. The average molecular weight is 296 g/mol. The predicted octanol–water partition coefficient (Wildman–Crippen LogP) is 3.37. The first-order valence-electron chi connectivity index (χ1n) is 6.40. The van der Waals surface area contributed by atoms with E-state index in [4.69, 9.17) is 5.11 Å². The molecule has 2 N–H and O–H groups in total. The second kappa shape index (κ2) is 6.61. The Kier molecular flexibility index (Phi) is 5.10. The summed E-state index contributed by atoms with van der Waals surface area (Å²) in [5, 5.41) is 17.7. The molecule has 0 aromatic carbocycles. The van der Waals surface area contributed by atoms with Crippen LogP contribution in [0.5, 0.6) is 0 Å². The summed E-state index contributed by atoms with van der Waals surface area (Å²) in [5.41, 5.74) is 1.22. The highest BCUT2D eigenvalue weighted by atomic mass is 32.1. The summed E-state index contributed by atoms with van der Waals surface area (Å²) >= 11 is 3.42. The van der Waals surface area contributed by atoms with Crippen molar-refractivity contribution in [3.8, 4) is 9.88 Å².